The molecular weight excluding hydrogens is 273 g/mol. The normalized spacial score (nSPS) is 10.2. The summed E-state index contributed by atoms with van der Waals surface area (Å²) in [6, 6.07) is 6.94. The third kappa shape index (κ3) is 2.75. The smallest absolute Gasteiger partial charge is 0.223 e. The van der Waals surface area contributed by atoms with Gasteiger partial charge in [0.2, 0.25) is 5.95 Å². The first-order chi connectivity index (χ1) is 8.60. The van der Waals surface area contributed by atoms with Crippen LogP contribution in [0.15, 0.2) is 24.3 Å². The van der Waals surface area contributed by atoms with Crippen LogP contribution in [-0.4, -0.2) is 17.0 Å². The molecule has 0 aliphatic carbocycles. The first kappa shape index (κ1) is 12.7. The van der Waals surface area contributed by atoms with E-state index in [0.717, 1.165) is 0 Å². The maximum Gasteiger partial charge on any atom is 0.223 e. The second-order valence-electron chi connectivity index (χ2n) is 3.47. The van der Waals surface area contributed by atoms with Crippen LogP contribution in [0.1, 0.15) is 0 Å². The maximum atomic E-state index is 6.06. The highest BCUT2D eigenvalue weighted by atomic mass is 35.5. The number of nitrogen functional groups attached to an aromatic ring is 1. The fourth-order valence-electron chi connectivity index (χ4n) is 1.40. The van der Waals surface area contributed by atoms with E-state index in [1.165, 1.54) is 0 Å². The molecule has 0 unspecified atom stereocenters. The number of hydrogen-bond donors (Lipinski definition) is 3. The summed E-state index contributed by atoms with van der Waals surface area (Å²) in [4.78, 5) is 8.05. The minimum absolute atomic E-state index is 0.160. The molecule has 94 valence electrons. The molecule has 5 nitrogen and oxygen atoms in total. The maximum absolute atomic E-state index is 6.06. The SMILES string of the molecule is CNc1cc(Nc2c(Cl)cccc2Cl)nc(N)n1. The topological polar surface area (TPSA) is 75.9 Å². The Balaban J connectivity index is 2.37. The first-order valence-electron chi connectivity index (χ1n) is 5.13. The van der Waals surface area contributed by atoms with Gasteiger partial charge in [0.15, 0.2) is 0 Å². The second-order valence-corrected chi connectivity index (χ2v) is 4.28. The van der Waals surface area contributed by atoms with E-state index in [1.54, 1.807) is 31.3 Å². The fourth-order valence-corrected chi connectivity index (χ4v) is 1.90. The lowest BCUT2D eigenvalue weighted by Crippen LogP contribution is -2.03. The molecule has 0 fully saturated rings. The van der Waals surface area contributed by atoms with Gasteiger partial charge in [0.25, 0.3) is 0 Å². The molecule has 2 aromatic rings. The molecule has 0 aliphatic heterocycles. The number of anilines is 4. The van der Waals surface area contributed by atoms with Gasteiger partial charge in [-0.2, -0.15) is 9.97 Å². The number of aromatic nitrogens is 2. The first-order valence-corrected chi connectivity index (χ1v) is 5.89. The molecule has 18 heavy (non-hydrogen) atoms. The number of benzene rings is 1. The summed E-state index contributed by atoms with van der Waals surface area (Å²) in [6.07, 6.45) is 0. The molecule has 0 bridgehead atoms. The number of para-hydroxylation sites is 1. The van der Waals surface area contributed by atoms with E-state index < -0.39 is 0 Å². The highest BCUT2D eigenvalue weighted by Gasteiger charge is 2.08. The van der Waals surface area contributed by atoms with Crippen LogP contribution in [0.5, 0.6) is 0 Å². The van der Waals surface area contributed by atoms with Gasteiger partial charge in [-0.05, 0) is 12.1 Å². The van der Waals surface area contributed by atoms with Gasteiger partial charge in [-0.25, -0.2) is 0 Å². The monoisotopic (exact) mass is 283 g/mol. The number of nitrogens with zero attached hydrogens (tertiary/aromatic N) is 2. The summed E-state index contributed by atoms with van der Waals surface area (Å²) in [5.41, 5.74) is 6.18. The lowest BCUT2D eigenvalue weighted by molar-refractivity contribution is 1.17. The molecule has 2 rings (SSSR count). The van der Waals surface area contributed by atoms with Gasteiger partial charge in [-0.3, -0.25) is 0 Å². The highest BCUT2D eigenvalue weighted by Crippen LogP contribution is 2.32. The van der Waals surface area contributed by atoms with Gasteiger partial charge in [-0.1, -0.05) is 29.3 Å². The van der Waals surface area contributed by atoms with E-state index in [-0.39, 0.29) is 5.95 Å². The standard InChI is InChI=1S/C11H11Cl2N5/c1-15-8-5-9(18-11(14)17-8)16-10-6(12)3-2-4-7(10)13/h2-5H,1H3,(H4,14,15,16,17,18). The molecule has 7 heteroatoms. The van der Waals surface area contributed by atoms with Gasteiger partial charge < -0.3 is 16.4 Å². The van der Waals surface area contributed by atoms with Gasteiger partial charge in [0.05, 0.1) is 15.7 Å². The van der Waals surface area contributed by atoms with Crippen molar-refractivity contribution in [2.75, 3.05) is 23.4 Å². The van der Waals surface area contributed by atoms with Gasteiger partial charge in [0, 0.05) is 13.1 Å². The van der Waals surface area contributed by atoms with Crippen molar-refractivity contribution in [1.82, 2.24) is 9.97 Å². The average Bonchev–Trinajstić information content (AvgIpc) is 2.33. The predicted octanol–water partition coefficient (Wildman–Crippen LogP) is 3.15. The largest absolute Gasteiger partial charge is 0.373 e. The summed E-state index contributed by atoms with van der Waals surface area (Å²) in [6.45, 7) is 0. The number of rotatable bonds is 3. The molecule has 0 spiro atoms. The molecule has 0 saturated carbocycles. The lowest BCUT2D eigenvalue weighted by atomic mass is 10.3. The van der Waals surface area contributed by atoms with Crippen LogP contribution in [0.2, 0.25) is 10.0 Å². The average molecular weight is 284 g/mol. The summed E-state index contributed by atoms with van der Waals surface area (Å²) in [7, 11) is 1.74. The van der Waals surface area contributed by atoms with Gasteiger partial charge in [-0.15, -0.1) is 0 Å². The van der Waals surface area contributed by atoms with Crippen LogP contribution in [0.3, 0.4) is 0 Å². The Labute approximate surface area is 114 Å². The predicted molar refractivity (Wildman–Crippen MR) is 75.7 cm³/mol. The Hall–Kier alpha value is -1.72. The number of nitrogens with one attached hydrogen (secondary N) is 2. The number of nitrogens with two attached hydrogens (primary N) is 1. The van der Waals surface area contributed by atoms with Crippen molar-refractivity contribution < 1.29 is 0 Å². The third-order valence-corrected chi connectivity index (χ3v) is 2.85. The third-order valence-electron chi connectivity index (χ3n) is 2.22. The minimum atomic E-state index is 0.160. The Morgan fingerprint density at radius 3 is 2.33 bits per heavy atom. The number of halogens is 2. The zero-order valence-electron chi connectivity index (χ0n) is 9.54. The Kier molecular flexibility index (Phi) is 3.74. The Bertz CT molecular complexity index is 553. The second kappa shape index (κ2) is 5.29. The van der Waals surface area contributed by atoms with E-state index in [0.29, 0.717) is 27.4 Å². The molecule has 0 saturated heterocycles. The number of hydrogen-bond acceptors (Lipinski definition) is 5. The minimum Gasteiger partial charge on any atom is -0.373 e. The van der Waals surface area contributed by atoms with Crippen molar-refractivity contribution in [2.45, 2.75) is 0 Å². The van der Waals surface area contributed by atoms with Crippen molar-refractivity contribution in [3.05, 3.63) is 34.3 Å². The van der Waals surface area contributed by atoms with Gasteiger partial charge in [0.1, 0.15) is 11.6 Å². The molecule has 1 aromatic carbocycles. The van der Waals surface area contributed by atoms with Crippen molar-refractivity contribution in [1.29, 1.82) is 0 Å². The summed E-state index contributed by atoms with van der Waals surface area (Å²) in [5, 5.41) is 6.92. The summed E-state index contributed by atoms with van der Waals surface area (Å²) < 4.78 is 0. The molecule has 1 aromatic heterocycles. The molecule has 0 aliphatic rings. The summed E-state index contributed by atoms with van der Waals surface area (Å²) in [5.74, 6) is 1.28. The molecule has 0 amide bonds. The Morgan fingerprint density at radius 2 is 1.72 bits per heavy atom. The van der Waals surface area contributed by atoms with Crippen LogP contribution in [0, 0.1) is 0 Å². The van der Waals surface area contributed by atoms with E-state index in [9.17, 15) is 0 Å². The fraction of sp³-hybridized carbons (Fsp3) is 0.0909. The molecule has 4 N–H and O–H groups in total. The molecule has 0 radical (unpaired) electrons. The van der Waals surface area contributed by atoms with E-state index >= 15 is 0 Å². The van der Waals surface area contributed by atoms with E-state index in [1.807, 2.05) is 0 Å². The van der Waals surface area contributed by atoms with Crippen molar-refractivity contribution >= 4 is 46.5 Å². The highest BCUT2D eigenvalue weighted by molar-refractivity contribution is 6.39. The molecule has 1 heterocycles. The Morgan fingerprint density at radius 1 is 1.11 bits per heavy atom. The van der Waals surface area contributed by atoms with Crippen molar-refractivity contribution in [3.8, 4) is 0 Å². The van der Waals surface area contributed by atoms with Crippen LogP contribution < -0.4 is 16.4 Å². The van der Waals surface area contributed by atoms with Crippen molar-refractivity contribution in [3.63, 3.8) is 0 Å². The van der Waals surface area contributed by atoms with Crippen LogP contribution in [-0.2, 0) is 0 Å². The van der Waals surface area contributed by atoms with Crippen LogP contribution >= 0.6 is 23.2 Å². The lowest BCUT2D eigenvalue weighted by Gasteiger charge is -2.10. The molecular formula is C11H11Cl2N5. The summed E-state index contributed by atoms with van der Waals surface area (Å²) >= 11 is 12.1. The van der Waals surface area contributed by atoms with E-state index in [4.69, 9.17) is 28.9 Å². The molecule has 0 atom stereocenters. The quantitative estimate of drug-likeness (QED) is 0.807. The van der Waals surface area contributed by atoms with Crippen molar-refractivity contribution in [2.24, 2.45) is 0 Å². The van der Waals surface area contributed by atoms with Gasteiger partial charge >= 0.3 is 0 Å². The zero-order chi connectivity index (χ0) is 13.1. The van der Waals surface area contributed by atoms with Crippen LogP contribution in [0.25, 0.3) is 0 Å². The van der Waals surface area contributed by atoms with Crippen LogP contribution in [0.4, 0.5) is 23.3 Å². The zero-order valence-corrected chi connectivity index (χ0v) is 11.0. The van der Waals surface area contributed by atoms with E-state index in [2.05, 4.69) is 20.6 Å².